The molecule has 0 fully saturated rings. The Balaban J connectivity index is 1.53. The van der Waals surface area contributed by atoms with E-state index in [1.807, 2.05) is 37.3 Å². The summed E-state index contributed by atoms with van der Waals surface area (Å²) >= 11 is 1.12. The number of benzene rings is 2. The maximum atomic E-state index is 12.2. The lowest BCUT2D eigenvalue weighted by molar-refractivity contribution is -0.113. The van der Waals surface area contributed by atoms with E-state index in [-0.39, 0.29) is 17.2 Å². The van der Waals surface area contributed by atoms with Crippen LogP contribution in [0.2, 0.25) is 0 Å². The molecule has 7 nitrogen and oxygen atoms in total. The first-order chi connectivity index (χ1) is 13.6. The molecule has 0 aliphatic heterocycles. The van der Waals surface area contributed by atoms with Crippen molar-refractivity contribution in [2.75, 3.05) is 17.7 Å². The summed E-state index contributed by atoms with van der Waals surface area (Å²) < 4.78 is 5.36. The van der Waals surface area contributed by atoms with E-state index in [1.54, 1.807) is 24.3 Å². The molecule has 2 aromatic carbocycles. The summed E-state index contributed by atoms with van der Waals surface area (Å²) in [5.74, 6) is 0.652. The molecule has 1 amide bonds. The fourth-order valence-electron chi connectivity index (χ4n) is 2.45. The van der Waals surface area contributed by atoms with Crippen molar-refractivity contribution in [3.63, 3.8) is 0 Å². The highest BCUT2D eigenvalue weighted by Crippen LogP contribution is 2.17. The Morgan fingerprint density at radius 2 is 1.86 bits per heavy atom. The molecule has 0 saturated carbocycles. The molecule has 0 bridgehead atoms. The van der Waals surface area contributed by atoms with Crippen molar-refractivity contribution in [2.45, 2.75) is 18.5 Å². The average Bonchev–Trinajstić information content (AvgIpc) is 2.71. The Kier molecular flexibility index (Phi) is 6.80. The van der Waals surface area contributed by atoms with Crippen LogP contribution >= 0.6 is 11.8 Å². The first-order valence-corrected chi connectivity index (χ1v) is 9.78. The van der Waals surface area contributed by atoms with Crippen LogP contribution in [0.3, 0.4) is 0 Å². The molecule has 0 saturated heterocycles. The summed E-state index contributed by atoms with van der Waals surface area (Å²) in [6.07, 6.45) is 0.409. The van der Waals surface area contributed by atoms with Gasteiger partial charge in [-0.15, -0.1) is 10.2 Å². The lowest BCUT2D eigenvalue weighted by Crippen LogP contribution is -2.19. The lowest BCUT2D eigenvalue weighted by atomic mass is 10.1. The summed E-state index contributed by atoms with van der Waals surface area (Å²) in [6, 6.07) is 16.7. The molecule has 0 unspecified atom stereocenters. The molecule has 3 rings (SSSR count). The van der Waals surface area contributed by atoms with Crippen LogP contribution in [0.25, 0.3) is 0 Å². The van der Waals surface area contributed by atoms with Crippen LogP contribution in [-0.4, -0.2) is 33.4 Å². The second kappa shape index (κ2) is 9.70. The molecule has 8 heteroatoms. The zero-order valence-corrected chi connectivity index (χ0v) is 16.2. The van der Waals surface area contributed by atoms with E-state index >= 15 is 0 Å². The molecule has 0 aliphatic carbocycles. The second-order valence-electron chi connectivity index (χ2n) is 5.86. The molecule has 2 N–H and O–H groups in total. The van der Waals surface area contributed by atoms with Gasteiger partial charge in [0.05, 0.1) is 12.4 Å². The third-order valence-corrected chi connectivity index (χ3v) is 4.61. The molecule has 0 atom stereocenters. The van der Waals surface area contributed by atoms with Gasteiger partial charge in [-0.25, -0.2) is 0 Å². The Bertz CT molecular complexity index is 975. The molecular formula is C20H20N4O3S. The van der Waals surface area contributed by atoms with Crippen LogP contribution in [0.1, 0.15) is 18.2 Å². The Hall–Kier alpha value is -3.13. The number of carbonyl (C=O) groups is 1. The summed E-state index contributed by atoms with van der Waals surface area (Å²) in [5.41, 5.74) is 1.70. The summed E-state index contributed by atoms with van der Waals surface area (Å²) in [4.78, 5) is 26.9. The number of aromatic amines is 1. The SMILES string of the molecule is CCOc1ccc(NC(=O)CSc2nnc(Cc3ccccc3)c(=O)[nH]2)cc1. The number of hydrogen-bond donors (Lipinski definition) is 2. The van der Waals surface area contributed by atoms with Gasteiger partial charge in [0.15, 0.2) is 5.16 Å². The zero-order valence-electron chi connectivity index (χ0n) is 15.3. The summed E-state index contributed by atoms with van der Waals surface area (Å²) in [6.45, 7) is 2.50. The molecule has 3 aromatic rings. The molecule has 144 valence electrons. The predicted octanol–water partition coefficient (Wildman–Crippen LogP) is 2.89. The number of rotatable bonds is 8. The number of H-pyrrole nitrogens is 1. The summed E-state index contributed by atoms with van der Waals surface area (Å²) in [5, 5.41) is 11.1. The maximum absolute atomic E-state index is 12.2. The van der Waals surface area contributed by atoms with Gasteiger partial charge >= 0.3 is 0 Å². The van der Waals surface area contributed by atoms with Crippen molar-refractivity contribution >= 4 is 23.4 Å². The van der Waals surface area contributed by atoms with Gasteiger partial charge in [0.1, 0.15) is 11.4 Å². The number of anilines is 1. The highest BCUT2D eigenvalue weighted by Gasteiger charge is 2.09. The minimum Gasteiger partial charge on any atom is -0.494 e. The van der Waals surface area contributed by atoms with Gasteiger partial charge in [-0.05, 0) is 36.8 Å². The van der Waals surface area contributed by atoms with Crippen molar-refractivity contribution in [3.8, 4) is 5.75 Å². The van der Waals surface area contributed by atoms with Crippen LogP contribution < -0.4 is 15.6 Å². The first-order valence-electron chi connectivity index (χ1n) is 8.79. The number of aromatic nitrogens is 3. The van der Waals surface area contributed by atoms with Gasteiger partial charge in [-0.3, -0.25) is 14.6 Å². The fourth-order valence-corrected chi connectivity index (χ4v) is 3.05. The zero-order chi connectivity index (χ0) is 19.8. The Labute approximate surface area is 166 Å². The first kappa shape index (κ1) is 19.6. The molecule has 1 heterocycles. The normalized spacial score (nSPS) is 10.5. The quantitative estimate of drug-likeness (QED) is 0.568. The number of carbonyl (C=O) groups excluding carboxylic acids is 1. The standard InChI is InChI=1S/C20H20N4O3S/c1-2-27-16-10-8-15(9-11-16)21-18(25)13-28-20-22-19(26)17(23-24-20)12-14-6-4-3-5-7-14/h3-11H,2,12-13H2,1H3,(H,21,25)(H,22,24,26). The van der Waals surface area contributed by atoms with Crippen LogP contribution in [0.4, 0.5) is 5.69 Å². The highest BCUT2D eigenvalue weighted by molar-refractivity contribution is 7.99. The molecule has 0 radical (unpaired) electrons. The topological polar surface area (TPSA) is 97.0 Å². The van der Waals surface area contributed by atoms with Gasteiger partial charge < -0.3 is 10.1 Å². The molecule has 1 aromatic heterocycles. The van der Waals surface area contributed by atoms with Crippen molar-refractivity contribution in [1.82, 2.24) is 15.2 Å². The number of amides is 1. The monoisotopic (exact) mass is 396 g/mol. The largest absolute Gasteiger partial charge is 0.494 e. The van der Waals surface area contributed by atoms with Gasteiger partial charge in [0.2, 0.25) is 5.91 Å². The van der Waals surface area contributed by atoms with E-state index in [4.69, 9.17) is 4.74 Å². The second-order valence-corrected chi connectivity index (χ2v) is 6.83. The van der Waals surface area contributed by atoms with Gasteiger partial charge in [-0.2, -0.15) is 0 Å². The molecule has 0 spiro atoms. The van der Waals surface area contributed by atoms with Gasteiger partial charge in [0, 0.05) is 12.1 Å². The van der Waals surface area contributed by atoms with Crippen LogP contribution in [0.5, 0.6) is 5.75 Å². The van der Waals surface area contributed by atoms with Crippen LogP contribution in [-0.2, 0) is 11.2 Å². The number of thioether (sulfide) groups is 1. The highest BCUT2D eigenvalue weighted by atomic mass is 32.2. The predicted molar refractivity (Wildman–Crippen MR) is 109 cm³/mol. The third-order valence-electron chi connectivity index (χ3n) is 3.75. The van der Waals surface area contributed by atoms with Crippen LogP contribution in [0.15, 0.2) is 64.5 Å². The van der Waals surface area contributed by atoms with Crippen molar-refractivity contribution in [1.29, 1.82) is 0 Å². The van der Waals surface area contributed by atoms with E-state index in [0.29, 0.717) is 29.6 Å². The smallest absolute Gasteiger partial charge is 0.273 e. The maximum Gasteiger partial charge on any atom is 0.273 e. The van der Waals surface area contributed by atoms with Crippen molar-refractivity contribution in [3.05, 3.63) is 76.2 Å². The lowest BCUT2D eigenvalue weighted by Gasteiger charge is -2.07. The van der Waals surface area contributed by atoms with Gasteiger partial charge in [-0.1, -0.05) is 42.1 Å². The number of hydrogen-bond acceptors (Lipinski definition) is 6. The molecular weight excluding hydrogens is 376 g/mol. The molecule has 28 heavy (non-hydrogen) atoms. The fraction of sp³-hybridized carbons (Fsp3) is 0.200. The summed E-state index contributed by atoms with van der Waals surface area (Å²) in [7, 11) is 0. The van der Waals surface area contributed by atoms with Crippen LogP contribution in [0, 0.1) is 0 Å². The molecule has 0 aliphatic rings. The van der Waals surface area contributed by atoms with Gasteiger partial charge in [0.25, 0.3) is 5.56 Å². The minimum atomic E-state index is -0.298. The number of nitrogens with one attached hydrogen (secondary N) is 2. The average molecular weight is 396 g/mol. The van der Waals surface area contributed by atoms with E-state index in [1.165, 1.54) is 0 Å². The van der Waals surface area contributed by atoms with E-state index in [2.05, 4.69) is 20.5 Å². The Morgan fingerprint density at radius 1 is 1.11 bits per heavy atom. The van der Waals surface area contributed by atoms with E-state index in [9.17, 15) is 9.59 Å². The van der Waals surface area contributed by atoms with E-state index in [0.717, 1.165) is 23.1 Å². The number of nitrogens with zero attached hydrogens (tertiary/aromatic N) is 2. The Morgan fingerprint density at radius 3 is 2.54 bits per heavy atom. The van der Waals surface area contributed by atoms with Crippen molar-refractivity contribution < 1.29 is 9.53 Å². The van der Waals surface area contributed by atoms with Crippen molar-refractivity contribution in [2.24, 2.45) is 0 Å². The van der Waals surface area contributed by atoms with E-state index < -0.39 is 0 Å². The number of ether oxygens (including phenoxy) is 1. The third kappa shape index (κ3) is 5.68. The minimum absolute atomic E-state index is 0.107.